The summed E-state index contributed by atoms with van der Waals surface area (Å²) in [7, 11) is 1.71. The average Bonchev–Trinajstić information content (AvgIpc) is 2.97. The Labute approximate surface area is 164 Å². The lowest BCUT2D eigenvalue weighted by atomic mass is 9.75. The van der Waals surface area contributed by atoms with Gasteiger partial charge in [0.05, 0.1) is 18.8 Å². The van der Waals surface area contributed by atoms with E-state index in [1.807, 2.05) is 12.1 Å². The lowest BCUT2D eigenvalue weighted by Gasteiger charge is -2.35. The predicted octanol–water partition coefficient (Wildman–Crippen LogP) is 6.32. The Morgan fingerprint density at radius 2 is 1.85 bits per heavy atom. The zero-order valence-electron chi connectivity index (χ0n) is 15.3. The Hall–Kier alpha value is -2.71. The van der Waals surface area contributed by atoms with Gasteiger partial charge in [-0.3, -0.25) is 0 Å². The van der Waals surface area contributed by atoms with Crippen LogP contribution in [0.15, 0.2) is 83.9 Å². The summed E-state index contributed by atoms with van der Waals surface area (Å²) in [5, 5.41) is 3.19. The van der Waals surface area contributed by atoms with E-state index < -0.39 is 0 Å². The van der Waals surface area contributed by atoms with Gasteiger partial charge >= 0.3 is 0 Å². The number of hydrogen-bond donors (Lipinski definition) is 0. The first-order valence-electron chi connectivity index (χ1n) is 9.14. The summed E-state index contributed by atoms with van der Waals surface area (Å²) in [5.74, 6) is 0.873. The number of methoxy groups -OCH3 is 1. The van der Waals surface area contributed by atoms with Gasteiger partial charge in [-0.15, -0.1) is 0 Å². The van der Waals surface area contributed by atoms with E-state index in [9.17, 15) is 0 Å². The second-order valence-electron chi connectivity index (χ2n) is 7.37. The Bertz CT molecular complexity index is 1100. The van der Waals surface area contributed by atoms with E-state index in [0.717, 1.165) is 10.8 Å². The van der Waals surface area contributed by atoms with Crippen molar-refractivity contribution in [2.24, 2.45) is 0 Å². The van der Waals surface area contributed by atoms with Crippen LogP contribution in [0, 0.1) is 0 Å². The van der Waals surface area contributed by atoms with Crippen LogP contribution in [-0.2, 0) is 5.41 Å². The Morgan fingerprint density at radius 1 is 1.04 bits per heavy atom. The van der Waals surface area contributed by atoms with Gasteiger partial charge in [0.1, 0.15) is 5.75 Å². The predicted molar refractivity (Wildman–Crippen MR) is 113 cm³/mol. The van der Waals surface area contributed by atoms with E-state index in [-0.39, 0.29) is 11.5 Å². The highest BCUT2D eigenvalue weighted by atomic mass is 35.5. The van der Waals surface area contributed by atoms with E-state index in [1.54, 1.807) is 7.11 Å². The van der Waals surface area contributed by atoms with Crippen LogP contribution in [0.5, 0.6) is 5.75 Å². The maximum atomic E-state index is 6.43. The first-order chi connectivity index (χ1) is 13.1. The molecule has 0 radical (unpaired) electrons. The minimum absolute atomic E-state index is 0.127. The first kappa shape index (κ1) is 16.5. The Balaban J connectivity index is 1.84. The summed E-state index contributed by atoms with van der Waals surface area (Å²) in [6.07, 6.45) is 6.44. The van der Waals surface area contributed by atoms with Crippen molar-refractivity contribution in [2.75, 3.05) is 12.0 Å². The molecule has 0 fully saturated rings. The second kappa shape index (κ2) is 5.90. The Kier molecular flexibility index (Phi) is 3.60. The fourth-order valence-electron chi connectivity index (χ4n) is 4.45. The van der Waals surface area contributed by atoms with Gasteiger partial charge in [0.15, 0.2) is 0 Å². The number of allylic oxidation sites excluding steroid dienone is 2. The highest BCUT2D eigenvalue weighted by Gasteiger charge is 2.47. The van der Waals surface area contributed by atoms with Crippen molar-refractivity contribution in [3.63, 3.8) is 0 Å². The zero-order valence-corrected chi connectivity index (χ0v) is 16.1. The molecular weight excluding hydrogens is 354 g/mol. The van der Waals surface area contributed by atoms with Crippen molar-refractivity contribution in [2.45, 2.75) is 18.4 Å². The Morgan fingerprint density at radius 3 is 2.63 bits per heavy atom. The third-order valence-corrected chi connectivity index (χ3v) is 6.10. The maximum absolute atomic E-state index is 6.43. The van der Waals surface area contributed by atoms with Crippen molar-refractivity contribution in [1.29, 1.82) is 0 Å². The SMILES string of the molecule is COc1ccc2c3c(ccc2c1)C1(C)C=CC(Cl)=CC1N3c1ccccc1. The number of rotatable bonds is 2. The molecule has 2 unspecified atom stereocenters. The molecule has 2 aliphatic rings. The minimum atomic E-state index is -0.127. The third-order valence-electron chi connectivity index (χ3n) is 5.85. The third kappa shape index (κ3) is 2.33. The number of hydrogen-bond acceptors (Lipinski definition) is 2. The van der Waals surface area contributed by atoms with Crippen LogP contribution < -0.4 is 9.64 Å². The molecule has 1 aliphatic carbocycles. The molecule has 0 aromatic heterocycles. The van der Waals surface area contributed by atoms with Gasteiger partial charge in [0.2, 0.25) is 0 Å². The lowest BCUT2D eigenvalue weighted by Crippen LogP contribution is -2.39. The van der Waals surface area contributed by atoms with Gasteiger partial charge in [-0.05, 0) is 60.4 Å². The van der Waals surface area contributed by atoms with Crippen LogP contribution in [0.1, 0.15) is 12.5 Å². The fraction of sp³-hybridized carbons (Fsp3) is 0.167. The van der Waals surface area contributed by atoms with Gasteiger partial charge < -0.3 is 9.64 Å². The molecule has 134 valence electrons. The summed E-state index contributed by atoms with van der Waals surface area (Å²) in [4.78, 5) is 2.43. The lowest BCUT2D eigenvalue weighted by molar-refractivity contribution is 0.415. The monoisotopic (exact) mass is 373 g/mol. The molecular formula is C24H20ClNO. The maximum Gasteiger partial charge on any atom is 0.119 e. The van der Waals surface area contributed by atoms with Crippen molar-refractivity contribution in [3.05, 3.63) is 89.5 Å². The second-order valence-corrected chi connectivity index (χ2v) is 7.80. The topological polar surface area (TPSA) is 12.5 Å². The molecule has 2 nitrogen and oxygen atoms in total. The van der Waals surface area contributed by atoms with E-state index in [1.165, 1.54) is 27.7 Å². The highest BCUT2D eigenvalue weighted by Crippen LogP contribution is 2.54. The number of anilines is 2. The van der Waals surface area contributed by atoms with Gasteiger partial charge in [0.25, 0.3) is 0 Å². The van der Waals surface area contributed by atoms with Crippen LogP contribution >= 0.6 is 11.6 Å². The molecule has 1 heterocycles. The smallest absolute Gasteiger partial charge is 0.119 e. The van der Waals surface area contributed by atoms with E-state index in [2.05, 4.69) is 78.6 Å². The van der Waals surface area contributed by atoms with Crippen LogP contribution in [-0.4, -0.2) is 13.2 Å². The van der Waals surface area contributed by atoms with Crippen molar-refractivity contribution < 1.29 is 4.74 Å². The standard InChI is InChI=1S/C24H20ClNO/c1-24-13-12-17(25)15-22(24)26(18-6-4-3-5-7-18)23-20-10-9-19(27-2)14-16(20)8-11-21(23)24/h3-15,22H,1-2H3. The van der Waals surface area contributed by atoms with Gasteiger partial charge in [-0.2, -0.15) is 0 Å². The van der Waals surface area contributed by atoms with Crippen molar-refractivity contribution >= 4 is 33.7 Å². The highest BCUT2D eigenvalue weighted by molar-refractivity contribution is 6.31. The summed E-state index contributed by atoms with van der Waals surface area (Å²) in [5.41, 5.74) is 3.62. The van der Waals surface area contributed by atoms with Crippen LogP contribution in [0.25, 0.3) is 10.8 Å². The average molecular weight is 374 g/mol. The van der Waals surface area contributed by atoms with E-state index in [0.29, 0.717) is 0 Å². The van der Waals surface area contributed by atoms with E-state index in [4.69, 9.17) is 16.3 Å². The molecule has 0 N–H and O–H groups in total. The normalized spacial score (nSPS) is 23.1. The molecule has 0 spiro atoms. The number of fused-ring (bicyclic) bond motifs is 5. The summed E-state index contributed by atoms with van der Waals surface area (Å²) in [6.45, 7) is 2.30. The molecule has 27 heavy (non-hydrogen) atoms. The summed E-state index contributed by atoms with van der Waals surface area (Å²) < 4.78 is 5.43. The molecule has 3 aromatic carbocycles. The summed E-state index contributed by atoms with van der Waals surface area (Å²) >= 11 is 6.43. The first-order valence-corrected chi connectivity index (χ1v) is 9.52. The molecule has 3 heteroatoms. The van der Waals surface area contributed by atoms with Crippen molar-refractivity contribution in [3.8, 4) is 5.75 Å². The number of ether oxygens (including phenoxy) is 1. The number of para-hydroxylation sites is 1. The zero-order chi connectivity index (χ0) is 18.6. The van der Waals surface area contributed by atoms with Gasteiger partial charge in [-0.25, -0.2) is 0 Å². The summed E-state index contributed by atoms with van der Waals surface area (Å²) in [6, 6.07) is 21.4. The van der Waals surface area contributed by atoms with Crippen LogP contribution in [0.2, 0.25) is 0 Å². The molecule has 3 aromatic rings. The molecule has 2 atom stereocenters. The molecule has 0 saturated carbocycles. The quantitative estimate of drug-likeness (QED) is 0.521. The molecule has 0 saturated heterocycles. The largest absolute Gasteiger partial charge is 0.497 e. The molecule has 0 bridgehead atoms. The number of nitrogens with zero attached hydrogens (tertiary/aromatic N) is 1. The molecule has 5 rings (SSSR count). The van der Waals surface area contributed by atoms with Gasteiger partial charge in [0, 0.05) is 21.5 Å². The number of halogens is 1. The van der Waals surface area contributed by atoms with Crippen LogP contribution in [0.3, 0.4) is 0 Å². The van der Waals surface area contributed by atoms with Crippen LogP contribution in [0.4, 0.5) is 11.4 Å². The van der Waals surface area contributed by atoms with Crippen molar-refractivity contribution in [1.82, 2.24) is 0 Å². The minimum Gasteiger partial charge on any atom is -0.497 e. The molecule has 0 amide bonds. The van der Waals surface area contributed by atoms with Gasteiger partial charge in [-0.1, -0.05) is 48.0 Å². The number of benzene rings is 3. The molecule has 1 aliphatic heterocycles. The fourth-order valence-corrected chi connectivity index (χ4v) is 4.64. The van der Waals surface area contributed by atoms with E-state index >= 15 is 0 Å².